The summed E-state index contributed by atoms with van der Waals surface area (Å²) in [6.45, 7) is 3.72. The van der Waals surface area contributed by atoms with E-state index in [1.807, 2.05) is 21.6 Å². The number of hydrogen-bond donors (Lipinski definition) is 0. The number of nitrogens with zero attached hydrogens (tertiary/aromatic N) is 3. The van der Waals surface area contributed by atoms with Gasteiger partial charge in [-0.3, -0.25) is 4.79 Å². The predicted octanol–water partition coefficient (Wildman–Crippen LogP) is 6.20. The average molecular weight is 470 g/mol. The molecule has 1 amide bonds. The Morgan fingerprint density at radius 3 is 2.68 bits per heavy atom. The van der Waals surface area contributed by atoms with E-state index in [2.05, 4.69) is 11.9 Å². The van der Waals surface area contributed by atoms with Crippen LogP contribution in [0.15, 0.2) is 42.6 Å². The fourth-order valence-electron chi connectivity index (χ4n) is 5.58. The summed E-state index contributed by atoms with van der Waals surface area (Å²) in [6.07, 6.45) is 3.28. The largest absolute Gasteiger partial charge is 0.416 e. The van der Waals surface area contributed by atoms with Crippen LogP contribution < -0.4 is 0 Å². The maximum absolute atomic E-state index is 13.3. The molecule has 1 aliphatic heterocycles. The number of amides is 1. The van der Waals surface area contributed by atoms with Crippen LogP contribution in [0, 0.1) is 11.8 Å². The Balaban J connectivity index is 1.42. The maximum atomic E-state index is 13.3. The van der Waals surface area contributed by atoms with Gasteiger partial charge in [-0.25, -0.2) is 4.98 Å². The minimum atomic E-state index is -4.38. The molecule has 0 spiro atoms. The minimum absolute atomic E-state index is 0.189. The van der Waals surface area contributed by atoms with Gasteiger partial charge in [-0.1, -0.05) is 31.9 Å². The molecule has 1 aromatic carbocycles. The molecule has 7 heteroatoms. The first kappa shape index (κ1) is 22.9. The van der Waals surface area contributed by atoms with Gasteiger partial charge in [-0.05, 0) is 66.5 Å². The number of benzene rings is 1. The molecule has 1 aliphatic carbocycles. The van der Waals surface area contributed by atoms with Crippen LogP contribution in [-0.2, 0) is 30.5 Å². The van der Waals surface area contributed by atoms with Gasteiger partial charge < -0.3 is 9.47 Å². The van der Waals surface area contributed by atoms with Gasteiger partial charge in [0.15, 0.2) is 0 Å². The Morgan fingerprint density at radius 1 is 1.12 bits per heavy atom. The summed E-state index contributed by atoms with van der Waals surface area (Å²) in [4.78, 5) is 19.7. The van der Waals surface area contributed by atoms with Crippen molar-refractivity contribution in [2.75, 3.05) is 6.54 Å². The first-order valence-electron chi connectivity index (χ1n) is 12.2. The van der Waals surface area contributed by atoms with Gasteiger partial charge in [-0.2, -0.15) is 13.2 Å². The van der Waals surface area contributed by atoms with Gasteiger partial charge in [-0.15, -0.1) is 0 Å². The molecule has 0 unspecified atom stereocenters. The van der Waals surface area contributed by atoms with Crippen LogP contribution >= 0.6 is 0 Å². The molecule has 0 N–H and O–H groups in total. The Bertz CT molecular complexity index is 1190. The summed E-state index contributed by atoms with van der Waals surface area (Å²) in [5.74, 6) is 1.40. The van der Waals surface area contributed by atoms with E-state index in [1.54, 1.807) is 12.3 Å². The highest BCUT2D eigenvalue weighted by Gasteiger charge is 2.31. The third kappa shape index (κ3) is 4.57. The zero-order valence-corrected chi connectivity index (χ0v) is 19.4. The standard InChI is InChI=1S/C27H30F3N3O/c1-18-7-9-19(10-8-18)15-25(34)32-13-11-22-23-6-3-12-31-26(23)33(24(22)17-32)16-20-4-2-5-21(14-20)27(28,29)30/h2-6,12,14,18-19H,7-11,13,15-17H2,1H3. The molecule has 5 rings (SSSR count). The number of carbonyl (C=O) groups excluding carboxylic acids is 1. The number of fused-ring (bicyclic) bond motifs is 3. The van der Waals surface area contributed by atoms with E-state index in [1.165, 1.54) is 25.0 Å². The second kappa shape index (κ2) is 9.08. The van der Waals surface area contributed by atoms with Crippen molar-refractivity contribution < 1.29 is 18.0 Å². The van der Waals surface area contributed by atoms with E-state index >= 15 is 0 Å². The lowest BCUT2D eigenvalue weighted by Crippen LogP contribution is -2.37. The van der Waals surface area contributed by atoms with Gasteiger partial charge in [0.2, 0.25) is 5.91 Å². The van der Waals surface area contributed by atoms with E-state index in [4.69, 9.17) is 0 Å². The van der Waals surface area contributed by atoms with Gasteiger partial charge >= 0.3 is 6.18 Å². The molecule has 34 heavy (non-hydrogen) atoms. The summed E-state index contributed by atoms with van der Waals surface area (Å²) < 4.78 is 41.8. The fraction of sp³-hybridized carbons (Fsp3) is 0.481. The quantitative estimate of drug-likeness (QED) is 0.456. The van der Waals surface area contributed by atoms with E-state index < -0.39 is 11.7 Å². The second-order valence-corrected chi connectivity index (χ2v) is 9.98. The highest BCUT2D eigenvalue weighted by atomic mass is 19.4. The topological polar surface area (TPSA) is 38.1 Å². The molecule has 1 fully saturated rings. The van der Waals surface area contributed by atoms with Crippen molar-refractivity contribution in [1.82, 2.24) is 14.5 Å². The monoisotopic (exact) mass is 469 g/mol. The van der Waals surface area contributed by atoms with Crippen LogP contribution in [0.25, 0.3) is 11.0 Å². The zero-order valence-electron chi connectivity index (χ0n) is 19.4. The van der Waals surface area contributed by atoms with Gasteiger partial charge in [0.1, 0.15) is 5.65 Å². The molecule has 2 aliphatic rings. The van der Waals surface area contributed by atoms with Crippen LogP contribution in [-0.4, -0.2) is 26.9 Å². The van der Waals surface area contributed by atoms with Crippen molar-refractivity contribution in [3.63, 3.8) is 0 Å². The van der Waals surface area contributed by atoms with Crippen molar-refractivity contribution in [1.29, 1.82) is 0 Å². The first-order valence-corrected chi connectivity index (χ1v) is 12.2. The molecule has 1 saturated carbocycles. The SMILES string of the molecule is CC1CCC(CC(=O)N2CCc3c(n(Cc4cccc(C(F)(F)F)c4)c4ncccc34)C2)CC1. The Kier molecular flexibility index (Phi) is 6.13. The Morgan fingerprint density at radius 2 is 1.91 bits per heavy atom. The van der Waals surface area contributed by atoms with Gasteiger partial charge in [0.25, 0.3) is 0 Å². The normalized spacial score (nSPS) is 21.0. The number of pyridine rings is 1. The summed E-state index contributed by atoms with van der Waals surface area (Å²) in [6, 6.07) is 9.37. The molecular formula is C27H30F3N3O. The molecule has 2 aromatic heterocycles. The Labute approximate surface area is 197 Å². The van der Waals surface area contributed by atoms with E-state index in [0.717, 1.165) is 53.5 Å². The van der Waals surface area contributed by atoms with Crippen molar-refractivity contribution in [3.8, 4) is 0 Å². The second-order valence-electron chi connectivity index (χ2n) is 9.98. The highest BCUT2D eigenvalue weighted by Crippen LogP contribution is 2.34. The van der Waals surface area contributed by atoms with Crippen LogP contribution in [0.1, 0.15) is 61.4 Å². The maximum Gasteiger partial charge on any atom is 0.416 e. The van der Waals surface area contributed by atoms with Crippen molar-refractivity contribution in [3.05, 3.63) is 65.0 Å². The lowest BCUT2D eigenvalue weighted by atomic mass is 9.81. The van der Waals surface area contributed by atoms with Crippen molar-refractivity contribution in [2.24, 2.45) is 11.8 Å². The molecule has 0 bridgehead atoms. The lowest BCUT2D eigenvalue weighted by Gasteiger charge is -2.31. The van der Waals surface area contributed by atoms with Crippen LogP contribution in [0.2, 0.25) is 0 Å². The molecule has 0 saturated heterocycles. The molecule has 180 valence electrons. The molecule has 3 aromatic rings. The van der Waals surface area contributed by atoms with Crippen LogP contribution in [0.4, 0.5) is 13.2 Å². The number of halogens is 3. The number of alkyl halides is 3. The molecule has 0 radical (unpaired) electrons. The van der Waals surface area contributed by atoms with E-state index in [0.29, 0.717) is 31.0 Å². The zero-order chi connectivity index (χ0) is 23.9. The number of carbonyl (C=O) groups is 1. The smallest absolute Gasteiger partial charge is 0.337 e. The predicted molar refractivity (Wildman–Crippen MR) is 125 cm³/mol. The van der Waals surface area contributed by atoms with Crippen molar-refractivity contribution in [2.45, 2.75) is 64.7 Å². The molecule has 0 atom stereocenters. The lowest BCUT2D eigenvalue weighted by molar-refractivity contribution is -0.137. The van der Waals surface area contributed by atoms with Crippen LogP contribution in [0.5, 0.6) is 0 Å². The number of hydrogen-bond acceptors (Lipinski definition) is 2. The highest BCUT2D eigenvalue weighted by molar-refractivity contribution is 5.84. The summed E-state index contributed by atoms with van der Waals surface area (Å²) in [5, 5.41) is 1.03. The van der Waals surface area contributed by atoms with Crippen LogP contribution in [0.3, 0.4) is 0 Å². The van der Waals surface area contributed by atoms with Gasteiger partial charge in [0.05, 0.1) is 12.1 Å². The third-order valence-corrected chi connectivity index (χ3v) is 7.56. The van der Waals surface area contributed by atoms with E-state index in [-0.39, 0.29) is 12.5 Å². The molecule has 4 nitrogen and oxygen atoms in total. The first-order chi connectivity index (χ1) is 16.3. The minimum Gasteiger partial charge on any atom is -0.337 e. The third-order valence-electron chi connectivity index (χ3n) is 7.56. The number of rotatable bonds is 4. The summed E-state index contributed by atoms with van der Waals surface area (Å²) in [7, 11) is 0. The van der Waals surface area contributed by atoms with Gasteiger partial charge in [0, 0.05) is 36.8 Å². The fourth-order valence-corrected chi connectivity index (χ4v) is 5.58. The Hall–Kier alpha value is -2.83. The molecular weight excluding hydrogens is 439 g/mol. The average Bonchev–Trinajstić information content (AvgIpc) is 3.13. The summed E-state index contributed by atoms with van der Waals surface area (Å²) >= 11 is 0. The van der Waals surface area contributed by atoms with E-state index in [9.17, 15) is 18.0 Å². The van der Waals surface area contributed by atoms with Crippen molar-refractivity contribution >= 4 is 16.9 Å². The number of aromatic nitrogens is 2. The summed E-state index contributed by atoms with van der Waals surface area (Å²) in [5.41, 5.74) is 2.83. The molecule has 3 heterocycles.